The van der Waals surface area contributed by atoms with Gasteiger partial charge in [-0.25, -0.2) is 0 Å². The van der Waals surface area contributed by atoms with Crippen molar-refractivity contribution >= 4 is 44.9 Å². The maximum absolute atomic E-state index is 10.0. The summed E-state index contributed by atoms with van der Waals surface area (Å²) in [5.41, 5.74) is 16.6. The molecule has 0 atom stereocenters. The maximum atomic E-state index is 10.0. The highest BCUT2D eigenvalue weighted by Crippen LogP contribution is 2.55. The molecule has 0 aromatic heterocycles. The Morgan fingerprint density at radius 1 is 0.371 bits per heavy atom. The molecule has 2 heteroatoms. The van der Waals surface area contributed by atoms with E-state index >= 15 is 0 Å². The van der Waals surface area contributed by atoms with Crippen LogP contribution in [0.1, 0.15) is 117 Å². The molecule has 0 saturated carbocycles. The van der Waals surface area contributed by atoms with Crippen LogP contribution in [0, 0.1) is 13.8 Å². The molecule has 8 aromatic rings. The number of aryl methyl sites for hydroxylation is 2. The molecule has 0 saturated heterocycles. The predicted molar refractivity (Wildman–Crippen MR) is 266 cm³/mol. The van der Waals surface area contributed by atoms with Crippen LogP contribution in [0.15, 0.2) is 158 Å². The van der Waals surface area contributed by atoms with E-state index < -0.39 is 10.8 Å². The number of hydrogen-bond acceptors (Lipinski definition) is 2. The van der Waals surface area contributed by atoms with Crippen molar-refractivity contribution in [2.75, 3.05) is 9.80 Å². The first-order valence-electron chi connectivity index (χ1n) is 24.2. The normalized spacial score (nSPS) is 15.1. The van der Waals surface area contributed by atoms with Gasteiger partial charge < -0.3 is 9.80 Å². The van der Waals surface area contributed by atoms with E-state index in [2.05, 4.69) is 212 Å². The van der Waals surface area contributed by atoms with Gasteiger partial charge in [-0.15, -0.1) is 0 Å². The number of benzene rings is 8. The highest BCUT2D eigenvalue weighted by Gasteiger charge is 2.39. The van der Waals surface area contributed by atoms with Gasteiger partial charge in [0.25, 0.3) is 0 Å². The average molecular weight is 811 g/mol. The zero-order chi connectivity index (χ0) is 46.7. The molecule has 2 nitrogen and oxygen atoms in total. The van der Waals surface area contributed by atoms with Gasteiger partial charge in [-0.3, -0.25) is 0 Å². The summed E-state index contributed by atoms with van der Waals surface area (Å²) in [4.78, 5) is 4.56. The van der Waals surface area contributed by atoms with Crippen molar-refractivity contribution in [1.29, 1.82) is 0 Å². The molecule has 2 aliphatic rings. The van der Waals surface area contributed by atoms with Gasteiger partial charge in [-0.1, -0.05) is 127 Å². The van der Waals surface area contributed by atoms with Gasteiger partial charge in [0.05, 0.1) is 5.48 Å². The summed E-state index contributed by atoms with van der Waals surface area (Å²) in [7, 11) is 0. The first-order chi connectivity index (χ1) is 31.4. The summed E-state index contributed by atoms with van der Waals surface area (Å²) in [6, 6.07) is 48.6. The minimum Gasteiger partial charge on any atom is -0.310 e. The summed E-state index contributed by atoms with van der Waals surface area (Å²) in [6.07, 6.45) is 0. The third-order valence-electron chi connectivity index (χ3n) is 13.6. The fraction of sp³-hybridized carbons (Fsp3) is 0.233. The molecule has 0 unspecified atom stereocenters. The van der Waals surface area contributed by atoms with Crippen LogP contribution in [0.25, 0.3) is 33.0 Å². The Hall–Kier alpha value is -6.38. The maximum Gasteiger partial charge on any atom is 0.0636 e. The quantitative estimate of drug-likeness (QED) is 0.151. The SMILES string of the molecule is [2H]c1c2c(c([2H])c3c([2H])c4c(c([2H])c13)C(C)(C)c1cc(N(c3ccc(C)cc3)c3ccc(C(C)C)cc3)ccc1-4)C(C)(C)c1cc(N(c3ccc(C)cc3)c3ccc(C(C)C)cc3)ccc1-2. The van der Waals surface area contributed by atoms with Crippen LogP contribution in [-0.2, 0) is 10.8 Å². The second kappa shape index (κ2) is 14.6. The zero-order valence-electron chi connectivity index (χ0n) is 41.8. The van der Waals surface area contributed by atoms with Crippen LogP contribution in [0.4, 0.5) is 34.1 Å². The molecular weight excluding hydrogens is 749 g/mol. The van der Waals surface area contributed by atoms with E-state index in [9.17, 15) is 5.48 Å². The fourth-order valence-electron chi connectivity index (χ4n) is 9.78. The second-order valence-electron chi connectivity index (χ2n) is 19.3. The first kappa shape index (κ1) is 35.2. The smallest absolute Gasteiger partial charge is 0.0636 e. The van der Waals surface area contributed by atoms with Crippen molar-refractivity contribution in [2.45, 2.75) is 91.9 Å². The number of fused-ring (bicyclic) bond motifs is 7. The van der Waals surface area contributed by atoms with Crippen molar-refractivity contribution in [1.82, 2.24) is 0 Å². The Balaban J connectivity index is 1.12. The Morgan fingerprint density at radius 3 is 1.00 bits per heavy atom. The molecule has 2 aliphatic carbocycles. The first-order valence-corrected chi connectivity index (χ1v) is 22.2. The minimum absolute atomic E-state index is 0.222. The molecule has 0 bridgehead atoms. The molecule has 0 radical (unpaired) electrons. The molecule has 0 amide bonds. The van der Waals surface area contributed by atoms with Gasteiger partial charge in [0, 0.05) is 45.0 Å². The lowest BCUT2D eigenvalue weighted by Gasteiger charge is -2.28. The van der Waals surface area contributed by atoms with Gasteiger partial charge >= 0.3 is 0 Å². The largest absolute Gasteiger partial charge is 0.310 e. The van der Waals surface area contributed by atoms with Crippen molar-refractivity contribution < 1.29 is 5.48 Å². The molecule has 0 aliphatic heterocycles. The minimum atomic E-state index is -0.658. The zero-order valence-corrected chi connectivity index (χ0v) is 37.8. The highest BCUT2D eigenvalue weighted by atomic mass is 15.1. The van der Waals surface area contributed by atoms with Crippen molar-refractivity contribution in [2.24, 2.45) is 0 Å². The Labute approximate surface area is 375 Å². The van der Waals surface area contributed by atoms with Crippen molar-refractivity contribution in [3.8, 4) is 22.3 Å². The monoisotopic (exact) mass is 810 g/mol. The predicted octanol–water partition coefficient (Wildman–Crippen LogP) is 17.3. The van der Waals surface area contributed by atoms with Gasteiger partial charge in [0.1, 0.15) is 0 Å². The van der Waals surface area contributed by atoms with Crippen LogP contribution in [0.2, 0.25) is 0 Å². The third-order valence-corrected chi connectivity index (χ3v) is 13.6. The van der Waals surface area contributed by atoms with Crippen LogP contribution >= 0.6 is 0 Å². The lowest BCUT2D eigenvalue weighted by molar-refractivity contribution is 0.660. The van der Waals surface area contributed by atoms with Crippen LogP contribution in [0.5, 0.6) is 0 Å². The molecular formula is C60H58N2. The summed E-state index contributed by atoms with van der Waals surface area (Å²) in [6.45, 7) is 21.6. The van der Waals surface area contributed by atoms with Crippen molar-refractivity contribution in [3.63, 3.8) is 0 Å². The Morgan fingerprint density at radius 2 is 0.677 bits per heavy atom. The summed E-state index contributed by atoms with van der Waals surface area (Å²) in [5, 5.41) is 0.767. The van der Waals surface area contributed by atoms with E-state index in [0.29, 0.717) is 33.7 Å². The van der Waals surface area contributed by atoms with Gasteiger partial charge in [-0.2, -0.15) is 0 Å². The molecule has 62 heavy (non-hydrogen) atoms. The number of anilines is 6. The van der Waals surface area contributed by atoms with E-state index in [4.69, 9.17) is 0 Å². The lowest BCUT2D eigenvalue weighted by atomic mass is 9.80. The fourth-order valence-corrected chi connectivity index (χ4v) is 9.78. The van der Waals surface area contributed by atoms with Gasteiger partial charge in [-0.05, 0) is 189 Å². The third kappa shape index (κ3) is 6.46. The van der Waals surface area contributed by atoms with Crippen LogP contribution < -0.4 is 9.80 Å². The molecule has 0 heterocycles. The molecule has 308 valence electrons. The lowest BCUT2D eigenvalue weighted by Crippen LogP contribution is -2.17. The van der Waals surface area contributed by atoms with Gasteiger partial charge in [0.2, 0.25) is 0 Å². The average Bonchev–Trinajstić information content (AvgIpc) is 3.68. The molecule has 8 aromatic carbocycles. The van der Waals surface area contributed by atoms with Crippen molar-refractivity contribution in [3.05, 3.63) is 202 Å². The second-order valence-corrected chi connectivity index (χ2v) is 19.3. The van der Waals surface area contributed by atoms with E-state index in [0.717, 1.165) is 67.5 Å². The highest BCUT2D eigenvalue weighted by molar-refractivity contribution is 5.99. The molecule has 0 N–H and O–H groups in total. The van der Waals surface area contributed by atoms with Crippen LogP contribution in [0.3, 0.4) is 0 Å². The standard InChI is InChI=1S/C60H58N2/c1-37(2)41-15-23-47(24-16-41)61(45-19-11-39(5)12-20-45)49-27-29-51-53-31-43-34-56-54(32-44(43)33-55(53)59(7,8)57(51)35-49)52-30-28-50(36-58(52)60(56,9)10)62(46-21-13-40(6)14-22-46)48-25-17-42(18-26-48)38(3)4/h11-38H,1-10H3/i31D,32D,33D,34D. The Kier molecular flexibility index (Phi) is 8.31. The van der Waals surface area contributed by atoms with E-state index in [1.165, 1.54) is 22.3 Å². The van der Waals surface area contributed by atoms with E-state index in [-0.39, 0.29) is 24.2 Å². The molecule has 0 spiro atoms. The number of hydrogen-bond donors (Lipinski definition) is 0. The van der Waals surface area contributed by atoms with Gasteiger partial charge in [0.15, 0.2) is 0 Å². The molecule has 10 rings (SSSR count). The van der Waals surface area contributed by atoms with E-state index in [1.807, 2.05) is 0 Å². The summed E-state index contributed by atoms with van der Waals surface area (Å²) >= 11 is 0. The van der Waals surface area contributed by atoms with E-state index in [1.54, 1.807) is 0 Å². The topological polar surface area (TPSA) is 6.48 Å². The summed E-state index contributed by atoms with van der Waals surface area (Å²) < 4.78 is 40.2. The number of rotatable bonds is 8. The number of nitrogens with zero attached hydrogens (tertiary/aromatic N) is 2. The summed E-state index contributed by atoms with van der Waals surface area (Å²) in [5.74, 6) is 0.837. The molecule has 0 fully saturated rings. The van der Waals surface area contributed by atoms with Crippen LogP contribution in [-0.4, -0.2) is 0 Å². The Bertz CT molecular complexity index is 3010.